The molecule has 2 aromatic rings. The highest BCUT2D eigenvalue weighted by Crippen LogP contribution is 2.36. The zero-order valence-electron chi connectivity index (χ0n) is 13.3. The van der Waals surface area contributed by atoms with Gasteiger partial charge in [-0.2, -0.15) is 5.10 Å². The molecule has 1 aromatic heterocycles. The van der Waals surface area contributed by atoms with E-state index in [0.717, 1.165) is 11.3 Å². The number of aryl methyl sites for hydroxylation is 1. The number of aromatic nitrogens is 2. The van der Waals surface area contributed by atoms with Crippen LogP contribution in [0.2, 0.25) is 0 Å². The van der Waals surface area contributed by atoms with E-state index in [2.05, 4.69) is 51.9 Å². The van der Waals surface area contributed by atoms with Gasteiger partial charge in [-0.15, -0.1) is 0 Å². The fraction of sp³-hybridized carbons (Fsp3) is 0.438. The van der Waals surface area contributed by atoms with Crippen molar-refractivity contribution in [2.45, 2.75) is 45.8 Å². The highest BCUT2D eigenvalue weighted by atomic mass is 16.7. The molecule has 0 saturated carbocycles. The van der Waals surface area contributed by atoms with Gasteiger partial charge in [-0.05, 0) is 52.3 Å². The average molecular weight is 284 g/mol. The molecule has 21 heavy (non-hydrogen) atoms. The van der Waals surface area contributed by atoms with E-state index >= 15 is 0 Å². The fourth-order valence-corrected chi connectivity index (χ4v) is 2.46. The maximum absolute atomic E-state index is 6.13. The first-order valence-electron chi connectivity index (χ1n) is 7.27. The summed E-state index contributed by atoms with van der Waals surface area (Å²) < 4.78 is 14.2. The smallest absolute Gasteiger partial charge is 0.398 e. The van der Waals surface area contributed by atoms with Crippen LogP contribution in [0.15, 0.2) is 36.5 Å². The lowest BCUT2D eigenvalue weighted by molar-refractivity contribution is 0.00578. The zero-order valence-corrected chi connectivity index (χ0v) is 13.3. The van der Waals surface area contributed by atoms with Crippen molar-refractivity contribution in [3.63, 3.8) is 0 Å². The fourth-order valence-electron chi connectivity index (χ4n) is 2.46. The Kier molecular flexibility index (Phi) is 3.22. The molecule has 1 saturated heterocycles. The van der Waals surface area contributed by atoms with Crippen molar-refractivity contribution in [1.29, 1.82) is 0 Å². The molecule has 0 aliphatic carbocycles. The van der Waals surface area contributed by atoms with Gasteiger partial charge in [0.1, 0.15) is 0 Å². The maximum Gasteiger partial charge on any atom is 0.514 e. The summed E-state index contributed by atoms with van der Waals surface area (Å²) in [7, 11) is -0.405. The van der Waals surface area contributed by atoms with Gasteiger partial charge < -0.3 is 9.31 Å². The first kappa shape index (κ1) is 14.4. The summed E-state index contributed by atoms with van der Waals surface area (Å²) in [6, 6.07) is 10.1. The summed E-state index contributed by atoms with van der Waals surface area (Å²) in [6.07, 6.45) is 1.78. The van der Waals surface area contributed by atoms with E-state index in [0.29, 0.717) is 0 Å². The zero-order chi connectivity index (χ0) is 15.3. The Morgan fingerprint density at radius 2 is 1.62 bits per heavy atom. The van der Waals surface area contributed by atoms with Crippen LogP contribution in [0.4, 0.5) is 0 Å². The normalized spacial score (nSPS) is 20.0. The molecular formula is C16H21BN2O2. The quantitative estimate of drug-likeness (QED) is 0.795. The monoisotopic (exact) mass is 284 g/mol. The predicted molar refractivity (Wildman–Crippen MR) is 84.0 cm³/mol. The summed E-state index contributed by atoms with van der Waals surface area (Å²) in [4.78, 5) is 0. The van der Waals surface area contributed by atoms with Crippen molar-refractivity contribution in [2.75, 3.05) is 0 Å². The Labute approximate surface area is 126 Å². The number of hydrogen-bond donors (Lipinski definition) is 0. The SMILES string of the molecule is Cc1ccccc1-n1nccc1B1OC(C)(C)C(C)(C)O1. The first-order valence-corrected chi connectivity index (χ1v) is 7.27. The molecule has 1 aromatic carbocycles. The van der Waals surface area contributed by atoms with Gasteiger partial charge in [0.2, 0.25) is 0 Å². The highest BCUT2D eigenvalue weighted by Gasteiger charge is 2.52. The molecule has 0 radical (unpaired) electrons. The molecule has 5 heteroatoms. The summed E-state index contributed by atoms with van der Waals surface area (Å²) in [6.45, 7) is 10.3. The lowest BCUT2D eigenvalue weighted by atomic mass is 9.84. The molecule has 4 nitrogen and oxygen atoms in total. The molecule has 1 aliphatic rings. The van der Waals surface area contributed by atoms with Crippen LogP contribution in [0.5, 0.6) is 0 Å². The minimum absolute atomic E-state index is 0.349. The molecule has 0 spiro atoms. The van der Waals surface area contributed by atoms with Gasteiger partial charge in [0.05, 0.1) is 22.5 Å². The lowest BCUT2D eigenvalue weighted by Gasteiger charge is -2.32. The minimum Gasteiger partial charge on any atom is -0.398 e. The van der Waals surface area contributed by atoms with Crippen LogP contribution in [0.3, 0.4) is 0 Å². The Bertz CT molecular complexity index is 648. The Morgan fingerprint density at radius 3 is 2.24 bits per heavy atom. The average Bonchev–Trinajstić information content (AvgIpc) is 2.93. The van der Waals surface area contributed by atoms with Crippen LogP contribution in [-0.2, 0) is 9.31 Å². The molecule has 0 amide bonds. The number of para-hydroxylation sites is 1. The molecule has 1 fully saturated rings. The van der Waals surface area contributed by atoms with Crippen molar-refractivity contribution < 1.29 is 9.31 Å². The minimum atomic E-state index is -0.405. The van der Waals surface area contributed by atoms with Gasteiger partial charge >= 0.3 is 7.12 Å². The van der Waals surface area contributed by atoms with E-state index < -0.39 is 7.12 Å². The Balaban J connectivity index is 2.00. The van der Waals surface area contributed by atoms with Gasteiger partial charge in [-0.1, -0.05) is 18.2 Å². The van der Waals surface area contributed by atoms with Crippen LogP contribution < -0.4 is 5.59 Å². The molecule has 3 rings (SSSR count). The van der Waals surface area contributed by atoms with Gasteiger partial charge in [0, 0.05) is 6.20 Å². The maximum atomic E-state index is 6.13. The van der Waals surface area contributed by atoms with Crippen LogP contribution in [0.25, 0.3) is 5.69 Å². The molecule has 0 N–H and O–H groups in total. The predicted octanol–water partition coefficient (Wildman–Crippen LogP) is 2.48. The Hall–Kier alpha value is -1.59. The first-order chi connectivity index (χ1) is 9.82. The third-order valence-corrected chi connectivity index (χ3v) is 4.51. The molecule has 2 heterocycles. The third kappa shape index (κ3) is 2.30. The van der Waals surface area contributed by atoms with Crippen LogP contribution >= 0.6 is 0 Å². The summed E-state index contributed by atoms with van der Waals surface area (Å²) in [5.74, 6) is 0. The van der Waals surface area contributed by atoms with E-state index in [9.17, 15) is 0 Å². The van der Waals surface area contributed by atoms with Crippen molar-refractivity contribution in [1.82, 2.24) is 9.78 Å². The van der Waals surface area contributed by atoms with Crippen molar-refractivity contribution in [3.05, 3.63) is 42.1 Å². The van der Waals surface area contributed by atoms with Crippen molar-refractivity contribution >= 4 is 12.7 Å². The van der Waals surface area contributed by atoms with E-state index in [-0.39, 0.29) is 11.2 Å². The largest absolute Gasteiger partial charge is 0.514 e. The molecule has 0 bridgehead atoms. The van der Waals surface area contributed by atoms with Gasteiger partial charge in [0.25, 0.3) is 0 Å². The van der Waals surface area contributed by atoms with Crippen molar-refractivity contribution in [2.24, 2.45) is 0 Å². The second kappa shape index (κ2) is 4.72. The molecule has 110 valence electrons. The number of hydrogen-bond acceptors (Lipinski definition) is 3. The van der Waals surface area contributed by atoms with Crippen LogP contribution in [0.1, 0.15) is 33.3 Å². The summed E-state index contributed by atoms with van der Waals surface area (Å²) in [5.41, 5.74) is 2.44. The lowest BCUT2D eigenvalue weighted by Crippen LogP contribution is -2.41. The third-order valence-electron chi connectivity index (χ3n) is 4.51. The molecule has 1 aliphatic heterocycles. The number of rotatable bonds is 2. The van der Waals surface area contributed by atoms with Gasteiger partial charge in [0.15, 0.2) is 0 Å². The highest BCUT2D eigenvalue weighted by molar-refractivity contribution is 6.61. The number of benzene rings is 1. The van der Waals surface area contributed by atoms with E-state index in [1.165, 1.54) is 5.56 Å². The second-order valence-corrected chi connectivity index (χ2v) is 6.54. The summed E-state index contributed by atoms with van der Waals surface area (Å²) >= 11 is 0. The van der Waals surface area contributed by atoms with Crippen molar-refractivity contribution in [3.8, 4) is 5.69 Å². The van der Waals surface area contributed by atoms with Crippen LogP contribution in [-0.4, -0.2) is 28.1 Å². The van der Waals surface area contributed by atoms with E-state index in [1.54, 1.807) is 6.20 Å². The van der Waals surface area contributed by atoms with Gasteiger partial charge in [-0.25, -0.2) is 4.68 Å². The molecule has 0 atom stereocenters. The van der Waals surface area contributed by atoms with E-state index in [4.69, 9.17) is 9.31 Å². The second-order valence-electron chi connectivity index (χ2n) is 6.54. The standard InChI is InChI=1S/C16H21BN2O2/c1-12-8-6-7-9-13(12)19-14(10-11-18-19)17-20-15(2,3)16(4,5)21-17/h6-11H,1-5H3. The molecular weight excluding hydrogens is 263 g/mol. The topological polar surface area (TPSA) is 36.3 Å². The summed E-state index contributed by atoms with van der Waals surface area (Å²) in [5, 5.41) is 4.44. The molecule has 0 unspecified atom stereocenters. The van der Waals surface area contributed by atoms with Crippen LogP contribution in [0, 0.1) is 6.92 Å². The van der Waals surface area contributed by atoms with Gasteiger partial charge in [-0.3, -0.25) is 0 Å². The Morgan fingerprint density at radius 1 is 1.00 bits per heavy atom. The van der Waals surface area contributed by atoms with E-state index in [1.807, 2.05) is 22.9 Å². The number of nitrogens with zero attached hydrogens (tertiary/aromatic N) is 2.